The van der Waals surface area contributed by atoms with Gasteiger partial charge in [-0.05, 0) is 48.9 Å². The van der Waals surface area contributed by atoms with Crippen molar-refractivity contribution in [3.8, 4) is 0 Å². The summed E-state index contributed by atoms with van der Waals surface area (Å²) in [7, 11) is 0. The summed E-state index contributed by atoms with van der Waals surface area (Å²) >= 11 is 0. The average Bonchev–Trinajstić information content (AvgIpc) is 3.15. The van der Waals surface area contributed by atoms with Crippen LogP contribution in [0.1, 0.15) is 35.1 Å². The Kier molecular flexibility index (Phi) is 6.83. The molecule has 3 heteroatoms. The number of nitrogens with zero attached hydrogens (tertiary/aromatic N) is 1. The van der Waals surface area contributed by atoms with Crippen LogP contribution in [0, 0.1) is 6.92 Å². The fourth-order valence-electron chi connectivity index (χ4n) is 4.04. The molecule has 1 N–H and O–H groups in total. The molecule has 0 atom stereocenters. The number of para-hydroxylation sites is 1. The van der Waals surface area contributed by atoms with Crippen molar-refractivity contribution in [1.82, 2.24) is 9.88 Å². The Labute approximate surface area is 184 Å². The number of rotatable bonds is 9. The van der Waals surface area contributed by atoms with Gasteiger partial charge in [0.05, 0.1) is 0 Å². The maximum absolute atomic E-state index is 12.4. The molecular formula is C28H30N2O. The summed E-state index contributed by atoms with van der Waals surface area (Å²) < 4.78 is 2.30. The highest BCUT2D eigenvalue weighted by Gasteiger charge is 2.10. The van der Waals surface area contributed by atoms with E-state index >= 15 is 0 Å². The van der Waals surface area contributed by atoms with Crippen molar-refractivity contribution in [3.63, 3.8) is 0 Å². The molecular weight excluding hydrogens is 380 g/mol. The lowest BCUT2D eigenvalue weighted by molar-refractivity contribution is -0.121. The minimum Gasteiger partial charge on any atom is -0.356 e. The molecule has 3 aromatic carbocycles. The molecule has 0 saturated heterocycles. The molecule has 1 heterocycles. The molecule has 0 aliphatic heterocycles. The Bertz CT molecular complexity index is 1130. The number of carbonyl (C=O) groups is 1. The molecule has 4 aromatic rings. The molecule has 0 unspecified atom stereocenters. The highest BCUT2D eigenvalue weighted by Crippen LogP contribution is 2.23. The Balaban J connectivity index is 1.33. The molecule has 31 heavy (non-hydrogen) atoms. The van der Waals surface area contributed by atoms with Crippen LogP contribution in [0.5, 0.6) is 0 Å². The molecule has 4 rings (SSSR count). The van der Waals surface area contributed by atoms with Gasteiger partial charge in [0, 0.05) is 36.6 Å². The molecule has 0 bridgehead atoms. The third-order valence-corrected chi connectivity index (χ3v) is 5.77. The average molecular weight is 411 g/mol. The molecule has 3 nitrogen and oxygen atoms in total. The Hall–Kier alpha value is -3.33. The molecule has 158 valence electrons. The Morgan fingerprint density at radius 3 is 2.39 bits per heavy atom. The SMILES string of the molecule is Cc1ccc(Cn2cc(CCC(=O)NCCCc3ccccc3)c3ccccc32)cc1. The van der Waals surface area contributed by atoms with Crippen LogP contribution in [-0.2, 0) is 24.2 Å². The van der Waals surface area contributed by atoms with Gasteiger partial charge in [-0.15, -0.1) is 0 Å². The fraction of sp³-hybridized carbons (Fsp3) is 0.250. The number of aromatic nitrogens is 1. The van der Waals surface area contributed by atoms with Gasteiger partial charge < -0.3 is 9.88 Å². The van der Waals surface area contributed by atoms with Crippen LogP contribution in [0.4, 0.5) is 0 Å². The van der Waals surface area contributed by atoms with E-state index in [1.54, 1.807) is 0 Å². The summed E-state index contributed by atoms with van der Waals surface area (Å²) in [5.41, 5.74) is 6.34. The monoisotopic (exact) mass is 410 g/mol. The van der Waals surface area contributed by atoms with Gasteiger partial charge in [-0.25, -0.2) is 0 Å². The molecule has 0 radical (unpaired) electrons. The van der Waals surface area contributed by atoms with Crippen LogP contribution in [0.3, 0.4) is 0 Å². The zero-order chi connectivity index (χ0) is 21.5. The van der Waals surface area contributed by atoms with Crippen LogP contribution in [-0.4, -0.2) is 17.0 Å². The van der Waals surface area contributed by atoms with Crippen molar-refractivity contribution in [3.05, 3.63) is 107 Å². The fourth-order valence-corrected chi connectivity index (χ4v) is 4.04. The summed E-state index contributed by atoms with van der Waals surface area (Å²) in [6, 6.07) is 27.6. The quantitative estimate of drug-likeness (QED) is 0.354. The largest absolute Gasteiger partial charge is 0.356 e. The lowest BCUT2D eigenvalue weighted by Gasteiger charge is -2.06. The normalized spacial score (nSPS) is 11.0. The van der Waals surface area contributed by atoms with Gasteiger partial charge in [-0.3, -0.25) is 4.79 Å². The molecule has 0 saturated carbocycles. The van der Waals surface area contributed by atoms with Gasteiger partial charge in [0.15, 0.2) is 0 Å². The minimum atomic E-state index is 0.128. The molecule has 0 spiro atoms. The van der Waals surface area contributed by atoms with E-state index in [1.807, 2.05) is 6.07 Å². The van der Waals surface area contributed by atoms with E-state index in [-0.39, 0.29) is 5.91 Å². The van der Waals surface area contributed by atoms with Gasteiger partial charge in [0.25, 0.3) is 0 Å². The lowest BCUT2D eigenvalue weighted by Crippen LogP contribution is -2.24. The smallest absolute Gasteiger partial charge is 0.220 e. The minimum absolute atomic E-state index is 0.128. The number of hydrogen-bond acceptors (Lipinski definition) is 1. The molecule has 1 amide bonds. The lowest BCUT2D eigenvalue weighted by atomic mass is 10.1. The molecule has 0 aliphatic carbocycles. The summed E-state index contributed by atoms with van der Waals surface area (Å²) in [5, 5.41) is 4.32. The first-order valence-corrected chi connectivity index (χ1v) is 11.1. The van der Waals surface area contributed by atoms with Crippen molar-refractivity contribution < 1.29 is 4.79 Å². The van der Waals surface area contributed by atoms with Crippen molar-refractivity contribution in [1.29, 1.82) is 0 Å². The predicted molar refractivity (Wildman–Crippen MR) is 128 cm³/mol. The summed E-state index contributed by atoms with van der Waals surface area (Å²) in [5.74, 6) is 0.128. The Morgan fingerprint density at radius 2 is 1.58 bits per heavy atom. The van der Waals surface area contributed by atoms with Gasteiger partial charge in [0.2, 0.25) is 5.91 Å². The first-order chi connectivity index (χ1) is 15.2. The van der Waals surface area contributed by atoms with E-state index in [2.05, 4.69) is 95.8 Å². The topological polar surface area (TPSA) is 34.0 Å². The second-order valence-electron chi connectivity index (χ2n) is 8.22. The third kappa shape index (κ3) is 5.64. The molecule has 0 fully saturated rings. The molecule has 1 aromatic heterocycles. The van der Waals surface area contributed by atoms with Crippen molar-refractivity contribution in [2.24, 2.45) is 0 Å². The number of fused-ring (bicyclic) bond motifs is 1. The Morgan fingerprint density at radius 1 is 0.839 bits per heavy atom. The highest BCUT2D eigenvalue weighted by molar-refractivity contribution is 5.85. The van der Waals surface area contributed by atoms with E-state index in [0.29, 0.717) is 6.42 Å². The van der Waals surface area contributed by atoms with E-state index < -0.39 is 0 Å². The zero-order valence-corrected chi connectivity index (χ0v) is 18.2. The van der Waals surface area contributed by atoms with Gasteiger partial charge in [-0.1, -0.05) is 78.4 Å². The van der Waals surface area contributed by atoms with Gasteiger partial charge in [0.1, 0.15) is 0 Å². The van der Waals surface area contributed by atoms with E-state index in [4.69, 9.17) is 0 Å². The summed E-state index contributed by atoms with van der Waals surface area (Å²) in [6.07, 6.45) is 5.45. The van der Waals surface area contributed by atoms with Crippen molar-refractivity contribution in [2.45, 2.75) is 39.2 Å². The number of aryl methyl sites for hydroxylation is 3. The highest BCUT2D eigenvalue weighted by atomic mass is 16.1. The van der Waals surface area contributed by atoms with Crippen LogP contribution in [0.2, 0.25) is 0 Å². The van der Waals surface area contributed by atoms with Gasteiger partial charge >= 0.3 is 0 Å². The maximum Gasteiger partial charge on any atom is 0.220 e. The van der Waals surface area contributed by atoms with Gasteiger partial charge in [-0.2, -0.15) is 0 Å². The van der Waals surface area contributed by atoms with E-state index in [1.165, 1.54) is 33.2 Å². The number of hydrogen-bond donors (Lipinski definition) is 1. The van der Waals surface area contributed by atoms with Crippen molar-refractivity contribution in [2.75, 3.05) is 6.54 Å². The number of carbonyl (C=O) groups excluding carboxylic acids is 1. The number of nitrogens with one attached hydrogen (secondary N) is 1. The van der Waals surface area contributed by atoms with Crippen molar-refractivity contribution >= 4 is 16.8 Å². The molecule has 0 aliphatic rings. The number of amides is 1. The summed E-state index contributed by atoms with van der Waals surface area (Å²) in [6.45, 7) is 3.68. The van der Waals surface area contributed by atoms with Crippen LogP contribution in [0.25, 0.3) is 10.9 Å². The first-order valence-electron chi connectivity index (χ1n) is 11.1. The van der Waals surface area contributed by atoms with Crippen LogP contribution < -0.4 is 5.32 Å². The number of benzene rings is 3. The second kappa shape index (κ2) is 10.1. The maximum atomic E-state index is 12.4. The standard InChI is InChI=1S/C28H30N2O/c1-22-13-15-24(16-14-22)20-30-21-25(26-11-5-6-12-27(26)30)17-18-28(31)29-19-7-10-23-8-3-2-4-9-23/h2-6,8-9,11-16,21H,7,10,17-20H2,1H3,(H,29,31). The van der Waals surface area contributed by atoms with E-state index in [9.17, 15) is 4.79 Å². The zero-order valence-electron chi connectivity index (χ0n) is 18.2. The van der Waals surface area contributed by atoms with E-state index in [0.717, 1.165) is 32.4 Å². The van der Waals surface area contributed by atoms with Crippen LogP contribution in [0.15, 0.2) is 85.1 Å². The van der Waals surface area contributed by atoms with Crippen LogP contribution >= 0.6 is 0 Å². The predicted octanol–water partition coefficient (Wildman–Crippen LogP) is 5.68. The first kappa shape index (κ1) is 20.9. The second-order valence-corrected chi connectivity index (χ2v) is 8.22. The summed E-state index contributed by atoms with van der Waals surface area (Å²) in [4.78, 5) is 12.4. The third-order valence-electron chi connectivity index (χ3n) is 5.77.